The molecule has 0 bridgehead atoms. The van der Waals surface area contributed by atoms with Gasteiger partial charge >= 0.3 is 0 Å². The lowest BCUT2D eigenvalue weighted by molar-refractivity contribution is -0.116. The number of pyridine rings is 1. The van der Waals surface area contributed by atoms with E-state index < -0.39 is 0 Å². The van der Waals surface area contributed by atoms with E-state index in [0.29, 0.717) is 12.5 Å². The molecular formula is C31H39N5O. The second kappa shape index (κ2) is 12.8. The van der Waals surface area contributed by atoms with Gasteiger partial charge in [0.1, 0.15) is 0 Å². The molecule has 2 aliphatic heterocycles. The van der Waals surface area contributed by atoms with Crippen LogP contribution in [0.5, 0.6) is 0 Å². The van der Waals surface area contributed by atoms with Crippen LogP contribution >= 0.6 is 0 Å². The molecule has 0 radical (unpaired) electrons. The lowest BCUT2D eigenvalue weighted by atomic mass is 10.0. The Bertz CT molecular complexity index is 1110. The number of rotatable bonds is 9. The first kappa shape index (κ1) is 25.4. The van der Waals surface area contributed by atoms with Gasteiger partial charge in [-0.05, 0) is 67.1 Å². The van der Waals surface area contributed by atoms with Crippen molar-refractivity contribution in [2.24, 2.45) is 0 Å². The molecule has 5 rings (SSSR count). The molecule has 194 valence electrons. The third-order valence-electron chi connectivity index (χ3n) is 7.75. The van der Waals surface area contributed by atoms with Crippen LogP contribution in [-0.4, -0.2) is 66.0 Å². The smallest absolute Gasteiger partial charge is 0.224 e. The van der Waals surface area contributed by atoms with E-state index in [0.717, 1.165) is 64.3 Å². The van der Waals surface area contributed by atoms with Crippen LogP contribution in [0, 0.1) is 0 Å². The van der Waals surface area contributed by atoms with Crippen molar-refractivity contribution >= 4 is 17.3 Å². The van der Waals surface area contributed by atoms with Crippen LogP contribution in [0.25, 0.3) is 0 Å². The second-order valence-corrected chi connectivity index (χ2v) is 10.3. The molecule has 6 nitrogen and oxygen atoms in total. The topological polar surface area (TPSA) is 51.7 Å². The summed E-state index contributed by atoms with van der Waals surface area (Å²) in [5.74, 6) is 0.0925. The van der Waals surface area contributed by atoms with E-state index >= 15 is 0 Å². The maximum absolute atomic E-state index is 12.5. The van der Waals surface area contributed by atoms with Crippen LogP contribution in [0.2, 0.25) is 0 Å². The van der Waals surface area contributed by atoms with Gasteiger partial charge in [0.2, 0.25) is 5.91 Å². The first-order chi connectivity index (χ1) is 18.2. The number of benzene rings is 2. The Morgan fingerprint density at radius 1 is 0.838 bits per heavy atom. The summed E-state index contributed by atoms with van der Waals surface area (Å²) in [6, 6.07) is 23.6. The largest absolute Gasteiger partial charge is 0.371 e. The number of aromatic nitrogens is 1. The van der Waals surface area contributed by atoms with Crippen molar-refractivity contribution in [2.75, 3.05) is 49.5 Å². The molecular weight excluding hydrogens is 458 g/mol. The maximum atomic E-state index is 12.5. The van der Waals surface area contributed by atoms with Gasteiger partial charge in [0, 0.05) is 82.0 Å². The summed E-state index contributed by atoms with van der Waals surface area (Å²) in [5, 5.41) is 3.11. The number of anilines is 2. The molecule has 1 aromatic heterocycles. The molecule has 6 heteroatoms. The minimum atomic E-state index is 0.0925. The third kappa shape index (κ3) is 7.40. The number of nitrogens with one attached hydrogen (secondary N) is 1. The van der Waals surface area contributed by atoms with E-state index in [9.17, 15) is 4.79 Å². The van der Waals surface area contributed by atoms with E-state index in [1.807, 2.05) is 24.5 Å². The Balaban J connectivity index is 1.04. The van der Waals surface area contributed by atoms with Crippen LogP contribution in [0.1, 0.15) is 36.8 Å². The fraction of sp³-hybridized carbons (Fsp3) is 0.419. The van der Waals surface area contributed by atoms with Gasteiger partial charge in [0.05, 0.1) is 0 Å². The minimum absolute atomic E-state index is 0.0925. The molecule has 0 aliphatic carbocycles. The summed E-state index contributed by atoms with van der Waals surface area (Å²) in [6.07, 6.45) is 8.50. The summed E-state index contributed by atoms with van der Waals surface area (Å²) in [4.78, 5) is 24.4. The van der Waals surface area contributed by atoms with Crippen molar-refractivity contribution in [3.8, 4) is 0 Å². The Kier molecular flexibility index (Phi) is 8.82. The standard InChI is InChI=1S/C31H39N5O/c37-31(11-4-8-26-6-2-1-3-7-26)33-28-9-5-10-30(24-28)35-18-14-29(15-19-35)36-22-20-34(21-23-36)25-27-12-16-32-17-13-27/h1-3,5-7,9-10,12-13,16-17,24,29H,4,8,11,14-15,18-23,25H2,(H,33,37). The van der Waals surface area contributed by atoms with Gasteiger partial charge < -0.3 is 10.2 Å². The van der Waals surface area contributed by atoms with Gasteiger partial charge in [-0.1, -0.05) is 36.4 Å². The molecule has 2 saturated heterocycles. The van der Waals surface area contributed by atoms with E-state index in [-0.39, 0.29) is 5.91 Å². The fourth-order valence-corrected chi connectivity index (χ4v) is 5.62. The molecule has 2 aliphatic rings. The lowest BCUT2D eigenvalue weighted by Gasteiger charge is -2.43. The number of piperazine rings is 1. The SMILES string of the molecule is O=C(CCCc1ccccc1)Nc1cccc(N2CCC(N3CCN(Cc4ccncc4)CC3)CC2)c1. The molecule has 0 unspecified atom stereocenters. The van der Waals surface area contributed by atoms with Gasteiger partial charge in [0.15, 0.2) is 0 Å². The van der Waals surface area contributed by atoms with E-state index in [2.05, 4.69) is 79.6 Å². The number of carbonyl (C=O) groups is 1. The molecule has 2 fully saturated rings. The van der Waals surface area contributed by atoms with Crippen LogP contribution < -0.4 is 10.2 Å². The third-order valence-corrected chi connectivity index (χ3v) is 7.75. The van der Waals surface area contributed by atoms with Crippen molar-refractivity contribution in [1.29, 1.82) is 0 Å². The Hall–Kier alpha value is -3.22. The highest BCUT2D eigenvalue weighted by atomic mass is 16.1. The Morgan fingerprint density at radius 3 is 2.35 bits per heavy atom. The van der Waals surface area contributed by atoms with Crippen molar-refractivity contribution in [3.05, 3.63) is 90.3 Å². The van der Waals surface area contributed by atoms with Gasteiger partial charge in [-0.25, -0.2) is 0 Å². The molecule has 2 aromatic carbocycles. The Labute approximate surface area is 221 Å². The van der Waals surface area contributed by atoms with Gasteiger partial charge in [-0.2, -0.15) is 0 Å². The quantitative estimate of drug-likeness (QED) is 0.459. The van der Waals surface area contributed by atoms with Crippen LogP contribution in [-0.2, 0) is 17.8 Å². The monoisotopic (exact) mass is 497 g/mol. The molecule has 3 aromatic rings. The molecule has 0 atom stereocenters. The zero-order chi connectivity index (χ0) is 25.3. The van der Waals surface area contributed by atoms with Crippen molar-refractivity contribution in [3.63, 3.8) is 0 Å². The molecule has 0 spiro atoms. The summed E-state index contributed by atoms with van der Waals surface area (Å²) in [6.45, 7) is 7.73. The number of hydrogen-bond acceptors (Lipinski definition) is 5. The van der Waals surface area contributed by atoms with Crippen molar-refractivity contribution in [2.45, 2.75) is 44.7 Å². The average molecular weight is 498 g/mol. The summed E-state index contributed by atoms with van der Waals surface area (Å²) in [5.41, 5.74) is 4.74. The van der Waals surface area contributed by atoms with Crippen molar-refractivity contribution in [1.82, 2.24) is 14.8 Å². The second-order valence-electron chi connectivity index (χ2n) is 10.3. The molecule has 1 N–H and O–H groups in total. The highest BCUT2D eigenvalue weighted by Gasteiger charge is 2.27. The zero-order valence-electron chi connectivity index (χ0n) is 21.8. The predicted molar refractivity (Wildman–Crippen MR) is 151 cm³/mol. The van der Waals surface area contributed by atoms with Crippen LogP contribution in [0.4, 0.5) is 11.4 Å². The first-order valence-corrected chi connectivity index (χ1v) is 13.8. The lowest BCUT2D eigenvalue weighted by Crippen LogP contribution is -2.53. The molecule has 37 heavy (non-hydrogen) atoms. The molecule has 1 amide bonds. The van der Waals surface area contributed by atoms with Gasteiger partial charge in [-0.15, -0.1) is 0 Å². The van der Waals surface area contributed by atoms with Crippen molar-refractivity contribution < 1.29 is 4.79 Å². The van der Waals surface area contributed by atoms with E-state index in [4.69, 9.17) is 0 Å². The zero-order valence-corrected chi connectivity index (χ0v) is 21.8. The normalized spacial score (nSPS) is 17.6. The number of hydrogen-bond donors (Lipinski definition) is 1. The highest BCUT2D eigenvalue weighted by molar-refractivity contribution is 5.91. The molecule has 3 heterocycles. The van der Waals surface area contributed by atoms with E-state index in [1.165, 1.54) is 29.7 Å². The van der Waals surface area contributed by atoms with Gasteiger partial charge in [-0.3, -0.25) is 19.6 Å². The maximum Gasteiger partial charge on any atom is 0.224 e. The Morgan fingerprint density at radius 2 is 1.59 bits per heavy atom. The summed E-state index contributed by atoms with van der Waals surface area (Å²) in [7, 11) is 0. The summed E-state index contributed by atoms with van der Waals surface area (Å²) < 4.78 is 0. The molecule has 0 saturated carbocycles. The number of nitrogens with zero attached hydrogens (tertiary/aromatic N) is 4. The average Bonchev–Trinajstić information content (AvgIpc) is 2.95. The van der Waals surface area contributed by atoms with Gasteiger partial charge in [0.25, 0.3) is 0 Å². The number of piperidine rings is 1. The number of carbonyl (C=O) groups excluding carboxylic acids is 1. The number of amides is 1. The van der Waals surface area contributed by atoms with E-state index in [1.54, 1.807) is 0 Å². The van der Waals surface area contributed by atoms with Crippen LogP contribution in [0.3, 0.4) is 0 Å². The minimum Gasteiger partial charge on any atom is -0.371 e. The fourth-order valence-electron chi connectivity index (χ4n) is 5.62. The summed E-state index contributed by atoms with van der Waals surface area (Å²) >= 11 is 0. The highest BCUT2D eigenvalue weighted by Crippen LogP contribution is 2.26. The number of aryl methyl sites for hydroxylation is 1. The van der Waals surface area contributed by atoms with Crippen LogP contribution in [0.15, 0.2) is 79.1 Å². The first-order valence-electron chi connectivity index (χ1n) is 13.8. The predicted octanol–water partition coefficient (Wildman–Crippen LogP) is 4.83.